The average Bonchev–Trinajstić information content (AvgIpc) is 2.41. The van der Waals surface area contributed by atoms with Gasteiger partial charge in [0.1, 0.15) is 0 Å². The summed E-state index contributed by atoms with van der Waals surface area (Å²) < 4.78 is 0. The number of nitrogens with two attached hydrogens (primary N) is 1. The monoisotopic (exact) mass is 261 g/mol. The van der Waals surface area contributed by atoms with Crippen LogP contribution in [0.15, 0.2) is 24.3 Å². The molecule has 2 N–H and O–H groups in total. The van der Waals surface area contributed by atoms with Crippen LogP contribution in [0.4, 0.5) is 5.69 Å². The molecule has 0 aromatic heterocycles. The Morgan fingerprint density at radius 1 is 1.05 bits per heavy atom. The van der Waals surface area contributed by atoms with Crippen LogP contribution in [0.25, 0.3) is 0 Å². The second kappa shape index (κ2) is 5.73. The van der Waals surface area contributed by atoms with Crippen LogP contribution in [0, 0.1) is 0 Å². The van der Waals surface area contributed by atoms with Crippen molar-refractivity contribution in [1.82, 2.24) is 9.80 Å². The SMILES string of the molecule is CC(=O)N1CCN(C(=O)Cc2ccc(N)cc2)CC1. The molecule has 1 saturated heterocycles. The van der Waals surface area contributed by atoms with E-state index in [1.165, 1.54) is 0 Å². The molecule has 2 amide bonds. The molecular weight excluding hydrogens is 242 g/mol. The van der Waals surface area contributed by atoms with Gasteiger partial charge in [0.15, 0.2) is 0 Å². The first kappa shape index (κ1) is 13.4. The molecule has 5 heteroatoms. The van der Waals surface area contributed by atoms with Crippen molar-refractivity contribution in [3.63, 3.8) is 0 Å². The lowest BCUT2D eigenvalue weighted by Gasteiger charge is -2.34. The highest BCUT2D eigenvalue weighted by Crippen LogP contribution is 2.09. The van der Waals surface area contributed by atoms with E-state index in [1.807, 2.05) is 17.0 Å². The Hall–Kier alpha value is -2.04. The van der Waals surface area contributed by atoms with Crippen molar-refractivity contribution in [2.75, 3.05) is 31.9 Å². The summed E-state index contributed by atoms with van der Waals surface area (Å²) in [4.78, 5) is 26.9. The van der Waals surface area contributed by atoms with E-state index < -0.39 is 0 Å². The highest BCUT2D eigenvalue weighted by molar-refractivity contribution is 5.79. The van der Waals surface area contributed by atoms with Crippen LogP contribution < -0.4 is 5.73 Å². The molecule has 0 atom stereocenters. The zero-order chi connectivity index (χ0) is 13.8. The molecule has 1 aromatic carbocycles. The Bertz CT molecular complexity index is 462. The van der Waals surface area contributed by atoms with Crippen molar-refractivity contribution < 1.29 is 9.59 Å². The molecule has 1 aromatic rings. The van der Waals surface area contributed by atoms with E-state index in [4.69, 9.17) is 5.73 Å². The van der Waals surface area contributed by atoms with Crippen molar-refractivity contribution in [3.8, 4) is 0 Å². The number of piperazine rings is 1. The Morgan fingerprint density at radius 3 is 2.11 bits per heavy atom. The third kappa shape index (κ3) is 3.47. The van der Waals surface area contributed by atoms with Crippen LogP contribution >= 0.6 is 0 Å². The minimum atomic E-state index is 0.0747. The van der Waals surface area contributed by atoms with Crippen LogP contribution in [0.3, 0.4) is 0 Å². The predicted octanol–water partition coefficient (Wildman–Crippen LogP) is 0.502. The Morgan fingerprint density at radius 2 is 1.58 bits per heavy atom. The van der Waals surface area contributed by atoms with Gasteiger partial charge in [-0.2, -0.15) is 0 Å². The zero-order valence-electron chi connectivity index (χ0n) is 11.1. The normalized spacial score (nSPS) is 15.4. The second-order valence-electron chi connectivity index (χ2n) is 4.81. The van der Waals surface area contributed by atoms with Crippen LogP contribution in [-0.4, -0.2) is 47.8 Å². The molecule has 0 unspecified atom stereocenters. The second-order valence-corrected chi connectivity index (χ2v) is 4.81. The topological polar surface area (TPSA) is 66.6 Å². The molecule has 0 saturated carbocycles. The van der Waals surface area contributed by atoms with E-state index >= 15 is 0 Å². The molecule has 102 valence electrons. The van der Waals surface area contributed by atoms with Crippen LogP contribution in [-0.2, 0) is 16.0 Å². The standard InChI is InChI=1S/C14H19N3O2/c1-11(18)16-6-8-17(9-7-16)14(19)10-12-2-4-13(15)5-3-12/h2-5H,6-10,15H2,1H3. The smallest absolute Gasteiger partial charge is 0.227 e. The van der Waals surface area contributed by atoms with Crippen molar-refractivity contribution in [3.05, 3.63) is 29.8 Å². The number of hydrogen-bond donors (Lipinski definition) is 1. The van der Waals surface area contributed by atoms with Gasteiger partial charge in [-0.1, -0.05) is 12.1 Å². The summed E-state index contributed by atoms with van der Waals surface area (Å²) in [5, 5.41) is 0. The summed E-state index contributed by atoms with van der Waals surface area (Å²) in [5.41, 5.74) is 7.28. The number of carbonyl (C=O) groups is 2. The number of nitrogen functional groups attached to an aromatic ring is 1. The predicted molar refractivity (Wildman–Crippen MR) is 73.4 cm³/mol. The molecule has 1 heterocycles. The zero-order valence-corrected chi connectivity index (χ0v) is 11.1. The Balaban J connectivity index is 1.88. The first-order chi connectivity index (χ1) is 9.06. The molecule has 0 spiro atoms. The van der Waals surface area contributed by atoms with E-state index in [9.17, 15) is 9.59 Å². The van der Waals surface area contributed by atoms with Gasteiger partial charge >= 0.3 is 0 Å². The Labute approximate surface area is 113 Å². The summed E-state index contributed by atoms with van der Waals surface area (Å²) >= 11 is 0. The molecule has 1 aliphatic heterocycles. The lowest BCUT2D eigenvalue weighted by molar-refractivity contribution is -0.138. The van der Waals surface area contributed by atoms with Gasteiger partial charge in [-0.15, -0.1) is 0 Å². The fraction of sp³-hybridized carbons (Fsp3) is 0.429. The van der Waals surface area contributed by atoms with Gasteiger partial charge in [0.05, 0.1) is 6.42 Å². The number of carbonyl (C=O) groups excluding carboxylic acids is 2. The molecule has 5 nitrogen and oxygen atoms in total. The van der Waals surface area contributed by atoms with Gasteiger partial charge in [-0.05, 0) is 17.7 Å². The van der Waals surface area contributed by atoms with Crippen molar-refractivity contribution in [1.29, 1.82) is 0 Å². The minimum absolute atomic E-state index is 0.0747. The van der Waals surface area contributed by atoms with Gasteiger partial charge in [-0.25, -0.2) is 0 Å². The van der Waals surface area contributed by atoms with Gasteiger partial charge in [0.25, 0.3) is 0 Å². The third-order valence-electron chi connectivity index (χ3n) is 3.41. The number of amides is 2. The molecule has 0 aliphatic carbocycles. The summed E-state index contributed by atoms with van der Waals surface area (Å²) in [6, 6.07) is 7.35. The first-order valence-electron chi connectivity index (χ1n) is 6.44. The average molecular weight is 261 g/mol. The molecule has 1 aliphatic rings. The highest BCUT2D eigenvalue weighted by Gasteiger charge is 2.22. The number of hydrogen-bond acceptors (Lipinski definition) is 3. The van der Waals surface area contributed by atoms with Crippen LogP contribution in [0.1, 0.15) is 12.5 Å². The van der Waals surface area contributed by atoms with E-state index in [0.717, 1.165) is 5.56 Å². The first-order valence-corrected chi connectivity index (χ1v) is 6.44. The number of anilines is 1. The van der Waals surface area contributed by atoms with Crippen LogP contribution in [0.2, 0.25) is 0 Å². The van der Waals surface area contributed by atoms with E-state index in [2.05, 4.69) is 0 Å². The van der Waals surface area contributed by atoms with Gasteiger partial charge in [0.2, 0.25) is 11.8 Å². The number of rotatable bonds is 2. The molecular formula is C14H19N3O2. The maximum Gasteiger partial charge on any atom is 0.227 e. The molecule has 19 heavy (non-hydrogen) atoms. The summed E-state index contributed by atoms with van der Waals surface area (Å²) in [6.07, 6.45) is 0.389. The van der Waals surface area contributed by atoms with Crippen molar-refractivity contribution in [2.45, 2.75) is 13.3 Å². The van der Waals surface area contributed by atoms with Crippen molar-refractivity contribution >= 4 is 17.5 Å². The summed E-state index contributed by atoms with van der Waals surface area (Å²) in [5.74, 6) is 0.179. The molecule has 0 radical (unpaired) electrons. The summed E-state index contributed by atoms with van der Waals surface area (Å²) in [6.45, 7) is 4.05. The lowest BCUT2D eigenvalue weighted by Crippen LogP contribution is -2.50. The highest BCUT2D eigenvalue weighted by atomic mass is 16.2. The quantitative estimate of drug-likeness (QED) is 0.788. The molecule has 2 rings (SSSR count). The fourth-order valence-electron chi connectivity index (χ4n) is 2.19. The van der Waals surface area contributed by atoms with E-state index in [0.29, 0.717) is 38.3 Å². The summed E-state index contributed by atoms with van der Waals surface area (Å²) in [7, 11) is 0. The molecule has 1 fully saturated rings. The minimum Gasteiger partial charge on any atom is -0.399 e. The van der Waals surface area contributed by atoms with Gasteiger partial charge < -0.3 is 15.5 Å². The third-order valence-corrected chi connectivity index (χ3v) is 3.41. The Kier molecular flexibility index (Phi) is 4.04. The lowest BCUT2D eigenvalue weighted by atomic mass is 10.1. The largest absolute Gasteiger partial charge is 0.399 e. The van der Waals surface area contributed by atoms with Gasteiger partial charge in [-0.3, -0.25) is 9.59 Å². The molecule has 0 bridgehead atoms. The maximum absolute atomic E-state index is 12.1. The van der Waals surface area contributed by atoms with E-state index in [-0.39, 0.29) is 11.8 Å². The van der Waals surface area contributed by atoms with Crippen LogP contribution in [0.5, 0.6) is 0 Å². The maximum atomic E-state index is 12.1. The van der Waals surface area contributed by atoms with E-state index in [1.54, 1.807) is 24.0 Å². The van der Waals surface area contributed by atoms with Crippen molar-refractivity contribution in [2.24, 2.45) is 0 Å². The number of nitrogens with zero attached hydrogens (tertiary/aromatic N) is 2. The fourth-order valence-corrected chi connectivity index (χ4v) is 2.19. The van der Waals surface area contributed by atoms with Gasteiger partial charge in [0, 0.05) is 38.8 Å². The number of benzene rings is 1.